The first kappa shape index (κ1) is 20.8. The molecule has 0 saturated carbocycles. The first-order valence-electron chi connectivity index (χ1n) is 9.22. The summed E-state index contributed by atoms with van der Waals surface area (Å²) in [5.74, 6) is 0.543. The first-order chi connectivity index (χ1) is 14.0. The number of amides is 3. The van der Waals surface area contributed by atoms with Crippen LogP contribution in [0, 0.1) is 0 Å². The van der Waals surface area contributed by atoms with E-state index < -0.39 is 12.2 Å². The number of aliphatic hydroxyl groups excluding tert-OH is 1. The van der Waals surface area contributed by atoms with Crippen molar-refractivity contribution in [3.8, 4) is 5.75 Å². The number of aliphatic hydroxyl groups is 1. The molecule has 1 aromatic rings. The molecule has 158 valence electrons. The number of cyclic esters (lactones) is 1. The van der Waals surface area contributed by atoms with E-state index in [9.17, 15) is 14.4 Å². The number of ether oxygens (including phenoxy) is 2. The minimum Gasteiger partial charge on any atom is -0.480 e. The van der Waals surface area contributed by atoms with Gasteiger partial charge in [-0.15, -0.1) is 0 Å². The van der Waals surface area contributed by atoms with E-state index in [-0.39, 0.29) is 56.6 Å². The van der Waals surface area contributed by atoms with Crippen LogP contribution in [0.3, 0.4) is 0 Å². The minimum atomic E-state index is -0.531. The lowest BCUT2D eigenvalue weighted by atomic mass is 10.3. The normalized spacial score (nSPS) is 19.1. The van der Waals surface area contributed by atoms with Crippen LogP contribution in [0.25, 0.3) is 0 Å². The second-order valence-electron chi connectivity index (χ2n) is 6.55. The number of rotatable bonds is 9. The van der Waals surface area contributed by atoms with E-state index in [0.717, 1.165) is 0 Å². The summed E-state index contributed by atoms with van der Waals surface area (Å²) in [7, 11) is 0. The number of nitrogens with zero attached hydrogens (tertiary/aromatic N) is 2. The third-order valence-corrected chi connectivity index (χ3v) is 4.27. The Hall–Kier alpha value is -2.96. The number of carbonyl (C=O) groups is 3. The van der Waals surface area contributed by atoms with Gasteiger partial charge in [0.25, 0.3) is 5.91 Å². The van der Waals surface area contributed by atoms with Gasteiger partial charge in [0.2, 0.25) is 5.91 Å². The van der Waals surface area contributed by atoms with Gasteiger partial charge in [-0.3, -0.25) is 25.1 Å². The highest BCUT2D eigenvalue weighted by Crippen LogP contribution is 2.29. The van der Waals surface area contributed by atoms with Gasteiger partial charge in [-0.05, 0) is 19.1 Å². The molecule has 3 rings (SSSR count). The highest BCUT2D eigenvalue weighted by atomic mass is 16.6. The molecule has 1 saturated heterocycles. The zero-order chi connectivity index (χ0) is 20.8. The monoisotopic (exact) mass is 408 g/mol. The van der Waals surface area contributed by atoms with Gasteiger partial charge in [0.05, 0.1) is 25.9 Å². The molecule has 2 aliphatic rings. The van der Waals surface area contributed by atoms with E-state index >= 15 is 0 Å². The van der Waals surface area contributed by atoms with Gasteiger partial charge >= 0.3 is 6.09 Å². The number of carbonyl (C=O) groups excluding carboxylic acids is 3. The number of hydrogen-bond donors (Lipinski definition) is 5. The fourth-order valence-electron chi connectivity index (χ4n) is 2.80. The molecule has 0 radical (unpaired) electrons. The van der Waals surface area contributed by atoms with Crippen LogP contribution in [0.2, 0.25) is 0 Å². The molecule has 0 spiro atoms. The average molecular weight is 408 g/mol. The molecular formula is C17H24N6O6. The van der Waals surface area contributed by atoms with Gasteiger partial charge in [-0.1, -0.05) is 0 Å². The summed E-state index contributed by atoms with van der Waals surface area (Å²) in [6.45, 7) is 2.63. The summed E-state index contributed by atoms with van der Waals surface area (Å²) in [5, 5.41) is 19.9. The predicted octanol–water partition coefficient (Wildman–Crippen LogP) is -1.63. The molecule has 0 aromatic carbocycles. The Morgan fingerprint density at radius 2 is 2.24 bits per heavy atom. The van der Waals surface area contributed by atoms with E-state index in [1.807, 2.05) is 6.92 Å². The summed E-state index contributed by atoms with van der Waals surface area (Å²) >= 11 is 0. The van der Waals surface area contributed by atoms with Crippen LogP contribution >= 0.6 is 0 Å². The number of nitrogens with one attached hydrogen (secondary N) is 4. The molecule has 3 heterocycles. The van der Waals surface area contributed by atoms with E-state index in [1.165, 1.54) is 4.90 Å². The van der Waals surface area contributed by atoms with Gasteiger partial charge in [0.15, 0.2) is 18.2 Å². The predicted molar refractivity (Wildman–Crippen MR) is 102 cm³/mol. The van der Waals surface area contributed by atoms with Gasteiger partial charge < -0.3 is 25.2 Å². The second-order valence-corrected chi connectivity index (χ2v) is 6.55. The van der Waals surface area contributed by atoms with E-state index in [4.69, 9.17) is 14.6 Å². The summed E-state index contributed by atoms with van der Waals surface area (Å²) in [6.07, 6.45) is -1.13. The molecule has 0 aliphatic carbocycles. The summed E-state index contributed by atoms with van der Waals surface area (Å²) in [6, 6.07) is 3.27. The SMILES string of the molecule is CC(NCC(=O)NCCO)NC[C@H]1CN(c2ccc3c(n2)NC(=O)CO3)C(=O)O1. The summed E-state index contributed by atoms with van der Waals surface area (Å²) in [4.78, 5) is 40.8. The van der Waals surface area contributed by atoms with E-state index in [1.54, 1.807) is 12.1 Å². The second kappa shape index (κ2) is 9.49. The maximum Gasteiger partial charge on any atom is 0.416 e. The molecule has 1 fully saturated rings. The number of anilines is 2. The van der Waals surface area contributed by atoms with Crippen LogP contribution in [0.4, 0.5) is 16.4 Å². The molecule has 12 heteroatoms. The summed E-state index contributed by atoms with van der Waals surface area (Å²) < 4.78 is 10.6. The fraction of sp³-hybridized carbons (Fsp3) is 0.529. The van der Waals surface area contributed by atoms with Crippen molar-refractivity contribution in [3.63, 3.8) is 0 Å². The highest BCUT2D eigenvalue weighted by Gasteiger charge is 2.34. The number of hydrogen-bond acceptors (Lipinski definition) is 9. The molecule has 1 aromatic heterocycles. The quantitative estimate of drug-likeness (QED) is 0.303. The molecule has 12 nitrogen and oxygen atoms in total. The Balaban J connectivity index is 1.47. The number of aromatic nitrogens is 1. The van der Waals surface area contributed by atoms with Crippen LogP contribution < -0.4 is 30.9 Å². The number of fused-ring (bicyclic) bond motifs is 1. The van der Waals surface area contributed by atoms with Crippen molar-refractivity contribution in [2.75, 3.05) is 49.6 Å². The van der Waals surface area contributed by atoms with Crippen molar-refractivity contribution >= 4 is 29.5 Å². The van der Waals surface area contributed by atoms with Crippen LogP contribution in [0.1, 0.15) is 6.92 Å². The fourth-order valence-corrected chi connectivity index (χ4v) is 2.80. The lowest BCUT2D eigenvalue weighted by molar-refractivity contribution is -0.120. The Labute approximate surface area is 166 Å². The molecule has 2 aliphatic heterocycles. The third kappa shape index (κ3) is 5.53. The van der Waals surface area contributed by atoms with Gasteiger partial charge in [0, 0.05) is 13.1 Å². The maximum atomic E-state index is 12.2. The summed E-state index contributed by atoms with van der Waals surface area (Å²) in [5.41, 5.74) is 0. The third-order valence-electron chi connectivity index (χ3n) is 4.27. The molecule has 1 unspecified atom stereocenters. The van der Waals surface area contributed by atoms with Gasteiger partial charge in [0.1, 0.15) is 11.9 Å². The highest BCUT2D eigenvalue weighted by molar-refractivity contribution is 5.95. The van der Waals surface area contributed by atoms with Crippen molar-refractivity contribution in [1.82, 2.24) is 20.9 Å². The lowest BCUT2D eigenvalue weighted by Crippen LogP contribution is -2.47. The smallest absolute Gasteiger partial charge is 0.416 e. The van der Waals surface area contributed by atoms with Crippen molar-refractivity contribution in [2.45, 2.75) is 19.2 Å². The lowest BCUT2D eigenvalue weighted by Gasteiger charge is -2.19. The zero-order valence-electron chi connectivity index (χ0n) is 15.9. The Kier molecular flexibility index (Phi) is 6.80. The Morgan fingerprint density at radius 3 is 3.03 bits per heavy atom. The largest absolute Gasteiger partial charge is 0.480 e. The topological polar surface area (TPSA) is 154 Å². The van der Waals surface area contributed by atoms with Crippen molar-refractivity contribution < 1.29 is 29.0 Å². The Bertz CT molecular complexity index is 775. The van der Waals surface area contributed by atoms with E-state index in [2.05, 4.69) is 26.3 Å². The zero-order valence-corrected chi connectivity index (χ0v) is 15.9. The van der Waals surface area contributed by atoms with Crippen molar-refractivity contribution in [2.24, 2.45) is 0 Å². The standard InChI is InChI=1S/C17H24N6O6/c1-10(20-7-14(25)18-4-5-24)19-6-11-8-23(17(27)29-11)13-3-2-12-16(21-13)22-15(26)9-28-12/h2-3,10-11,19-20,24H,4-9H2,1H3,(H,18,25)(H,21,22,26)/t10?,11-/m0/s1. The molecular weight excluding hydrogens is 384 g/mol. The van der Waals surface area contributed by atoms with Crippen LogP contribution in [0.5, 0.6) is 5.75 Å². The molecule has 5 N–H and O–H groups in total. The van der Waals surface area contributed by atoms with Crippen molar-refractivity contribution in [3.05, 3.63) is 12.1 Å². The molecule has 0 bridgehead atoms. The van der Waals surface area contributed by atoms with Gasteiger partial charge in [-0.2, -0.15) is 0 Å². The Morgan fingerprint density at radius 1 is 1.41 bits per heavy atom. The number of pyridine rings is 1. The van der Waals surface area contributed by atoms with Crippen LogP contribution in [-0.4, -0.2) is 79.7 Å². The maximum absolute atomic E-state index is 12.2. The van der Waals surface area contributed by atoms with Crippen LogP contribution in [-0.2, 0) is 14.3 Å². The first-order valence-corrected chi connectivity index (χ1v) is 9.22. The van der Waals surface area contributed by atoms with Crippen LogP contribution in [0.15, 0.2) is 12.1 Å². The minimum absolute atomic E-state index is 0.0666. The molecule has 3 amide bonds. The molecule has 2 atom stereocenters. The van der Waals surface area contributed by atoms with E-state index in [0.29, 0.717) is 18.1 Å². The van der Waals surface area contributed by atoms with Crippen molar-refractivity contribution in [1.29, 1.82) is 0 Å². The average Bonchev–Trinajstić information content (AvgIpc) is 3.09. The van der Waals surface area contributed by atoms with Gasteiger partial charge in [-0.25, -0.2) is 9.78 Å². The molecule has 29 heavy (non-hydrogen) atoms.